The Balaban J connectivity index is 2.08. The van der Waals surface area contributed by atoms with Crippen LogP contribution in [0.2, 0.25) is 10.0 Å². The van der Waals surface area contributed by atoms with Crippen LogP contribution in [-0.4, -0.2) is 24.6 Å². The molecule has 0 heterocycles. The average molecular weight is 382 g/mol. The highest BCUT2D eigenvalue weighted by atomic mass is 35.5. The van der Waals surface area contributed by atoms with Crippen molar-refractivity contribution < 1.29 is 19.1 Å². The second-order valence-corrected chi connectivity index (χ2v) is 5.91. The summed E-state index contributed by atoms with van der Waals surface area (Å²) in [4.78, 5) is 24.1. The molecular weight excluding hydrogens is 365 g/mol. The molecule has 2 rings (SSSR count). The number of carbonyl (C=O) groups is 2. The average Bonchev–Trinajstić information content (AvgIpc) is 2.58. The largest absolute Gasteiger partial charge is 0.479 e. The number of rotatable bonds is 6. The van der Waals surface area contributed by atoms with Gasteiger partial charge in [0, 0.05) is 5.69 Å². The van der Waals surface area contributed by atoms with Crippen LogP contribution in [0.5, 0.6) is 5.75 Å². The molecule has 0 aliphatic carbocycles. The summed E-state index contributed by atoms with van der Waals surface area (Å²) in [5.41, 5.74) is 0.591. The third kappa shape index (κ3) is 5.11. The molecule has 0 bridgehead atoms. The molecule has 7 heteroatoms. The summed E-state index contributed by atoms with van der Waals surface area (Å²) in [6.07, 6.45) is -0.790. The van der Waals surface area contributed by atoms with Gasteiger partial charge in [0.1, 0.15) is 5.75 Å². The van der Waals surface area contributed by atoms with Crippen molar-refractivity contribution in [2.75, 3.05) is 11.9 Å². The first-order chi connectivity index (χ1) is 11.9. The molecule has 5 nitrogen and oxygen atoms in total. The van der Waals surface area contributed by atoms with Crippen molar-refractivity contribution in [3.8, 4) is 5.75 Å². The maximum absolute atomic E-state index is 12.3. The number of amides is 1. The Morgan fingerprint density at radius 3 is 2.52 bits per heavy atom. The smallest absolute Gasteiger partial charge is 0.339 e. The van der Waals surface area contributed by atoms with E-state index in [1.54, 1.807) is 44.2 Å². The molecule has 0 aliphatic rings. The van der Waals surface area contributed by atoms with Gasteiger partial charge in [-0.15, -0.1) is 0 Å². The van der Waals surface area contributed by atoms with Crippen LogP contribution >= 0.6 is 23.2 Å². The molecule has 132 valence electrons. The van der Waals surface area contributed by atoms with E-state index in [2.05, 4.69) is 5.32 Å². The number of benzene rings is 2. The number of esters is 1. The molecular formula is C18H17Cl2NO4. The molecule has 0 aromatic heterocycles. The van der Waals surface area contributed by atoms with Crippen molar-refractivity contribution in [2.24, 2.45) is 0 Å². The molecule has 0 saturated carbocycles. The number of anilines is 1. The summed E-state index contributed by atoms with van der Waals surface area (Å²) >= 11 is 12.0. The molecule has 2 aromatic rings. The predicted molar refractivity (Wildman–Crippen MR) is 97.6 cm³/mol. The highest BCUT2D eigenvalue weighted by molar-refractivity contribution is 6.33. The topological polar surface area (TPSA) is 64.6 Å². The molecule has 0 aliphatic heterocycles. The first kappa shape index (κ1) is 19.1. The zero-order valence-electron chi connectivity index (χ0n) is 13.7. The molecule has 25 heavy (non-hydrogen) atoms. The van der Waals surface area contributed by atoms with Crippen LogP contribution in [0, 0.1) is 0 Å². The van der Waals surface area contributed by atoms with Gasteiger partial charge in [0.2, 0.25) is 0 Å². The maximum Gasteiger partial charge on any atom is 0.339 e. The van der Waals surface area contributed by atoms with Gasteiger partial charge in [-0.1, -0.05) is 35.3 Å². The van der Waals surface area contributed by atoms with Crippen LogP contribution in [0.25, 0.3) is 0 Å². The van der Waals surface area contributed by atoms with Gasteiger partial charge in [-0.3, -0.25) is 4.79 Å². The van der Waals surface area contributed by atoms with Crippen LogP contribution in [0.4, 0.5) is 5.69 Å². The number of halogens is 2. The lowest BCUT2D eigenvalue weighted by atomic mass is 10.2. The monoisotopic (exact) mass is 381 g/mol. The fourth-order valence-corrected chi connectivity index (χ4v) is 2.37. The molecule has 2 aromatic carbocycles. The second-order valence-electron chi connectivity index (χ2n) is 5.09. The van der Waals surface area contributed by atoms with E-state index in [-0.39, 0.29) is 17.2 Å². The summed E-state index contributed by atoms with van der Waals surface area (Å²) in [5, 5.41) is 3.33. The first-order valence-electron chi connectivity index (χ1n) is 7.61. The lowest BCUT2D eigenvalue weighted by Gasteiger charge is -2.16. The van der Waals surface area contributed by atoms with Crippen molar-refractivity contribution in [2.45, 2.75) is 20.0 Å². The predicted octanol–water partition coefficient (Wildman–Crippen LogP) is 4.58. The summed E-state index contributed by atoms with van der Waals surface area (Å²) < 4.78 is 10.5. The Hall–Kier alpha value is -2.24. The van der Waals surface area contributed by atoms with Gasteiger partial charge in [0.15, 0.2) is 6.10 Å². The first-order valence-corrected chi connectivity index (χ1v) is 8.36. The van der Waals surface area contributed by atoms with E-state index in [0.717, 1.165) is 0 Å². The number of carbonyl (C=O) groups excluding carboxylic acids is 2. The van der Waals surface area contributed by atoms with Crippen molar-refractivity contribution in [3.63, 3.8) is 0 Å². The van der Waals surface area contributed by atoms with Gasteiger partial charge in [-0.05, 0) is 44.2 Å². The van der Waals surface area contributed by atoms with Crippen molar-refractivity contribution in [1.29, 1.82) is 0 Å². The lowest BCUT2D eigenvalue weighted by Crippen LogP contribution is -2.30. The Kier molecular flexibility index (Phi) is 6.67. The van der Waals surface area contributed by atoms with Crippen molar-refractivity contribution in [3.05, 3.63) is 58.1 Å². The number of ether oxygens (including phenoxy) is 2. The normalized spacial score (nSPS) is 11.5. The molecule has 0 spiro atoms. The fourth-order valence-electron chi connectivity index (χ4n) is 2.00. The van der Waals surface area contributed by atoms with Gasteiger partial charge in [-0.2, -0.15) is 0 Å². The quantitative estimate of drug-likeness (QED) is 0.743. The standard InChI is InChI=1S/C18H17Cl2NO4/c1-3-24-18(23)13-10-12(8-9-14(13)19)21-17(22)11(2)25-16-7-5-4-6-15(16)20/h4-11H,3H2,1-2H3,(H,21,22)/t11-/m1/s1. The lowest BCUT2D eigenvalue weighted by molar-refractivity contribution is -0.122. The Labute approximate surface area is 155 Å². The molecule has 0 saturated heterocycles. The maximum atomic E-state index is 12.3. The highest BCUT2D eigenvalue weighted by Crippen LogP contribution is 2.25. The minimum atomic E-state index is -0.790. The molecule has 0 radical (unpaired) electrons. The highest BCUT2D eigenvalue weighted by Gasteiger charge is 2.18. The Bertz CT molecular complexity index is 779. The summed E-state index contributed by atoms with van der Waals surface area (Å²) in [7, 11) is 0. The molecule has 1 atom stereocenters. The van der Waals surface area contributed by atoms with Crippen molar-refractivity contribution >= 4 is 40.8 Å². The van der Waals surface area contributed by atoms with Crippen LogP contribution in [-0.2, 0) is 9.53 Å². The van der Waals surface area contributed by atoms with Gasteiger partial charge >= 0.3 is 5.97 Å². The minimum absolute atomic E-state index is 0.181. The van der Waals surface area contributed by atoms with E-state index in [4.69, 9.17) is 32.7 Å². The SMILES string of the molecule is CCOC(=O)c1cc(NC(=O)[C@@H](C)Oc2ccccc2Cl)ccc1Cl. The van der Waals surface area contributed by atoms with Crippen molar-refractivity contribution in [1.82, 2.24) is 0 Å². The van der Waals surface area contributed by atoms with E-state index in [0.29, 0.717) is 16.5 Å². The summed E-state index contributed by atoms with van der Waals surface area (Å²) in [6.45, 7) is 3.53. The van der Waals surface area contributed by atoms with E-state index in [9.17, 15) is 9.59 Å². The molecule has 0 unspecified atom stereocenters. The van der Waals surface area contributed by atoms with Crippen LogP contribution in [0.1, 0.15) is 24.2 Å². The number of para-hydroxylation sites is 1. The molecule has 0 fully saturated rings. The third-order valence-electron chi connectivity index (χ3n) is 3.24. The van der Waals surface area contributed by atoms with E-state index >= 15 is 0 Å². The fraction of sp³-hybridized carbons (Fsp3) is 0.222. The van der Waals surface area contributed by atoms with Crippen LogP contribution < -0.4 is 10.1 Å². The van der Waals surface area contributed by atoms with E-state index in [1.165, 1.54) is 12.1 Å². The zero-order chi connectivity index (χ0) is 18.4. The Morgan fingerprint density at radius 2 is 1.84 bits per heavy atom. The molecule has 1 amide bonds. The van der Waals surface area contributed by atoms with Crippen LogP contribution in [0.3, 0.4) is 0 Å². The summed E-state index contributed by atoms with van der Waals surface area (Å²) in [6, 6.07) is 11.4. The van der Waals surface area contributed by atoms with Gasteiger partial charge in [0.25, 0.3) is 5.91 Å². The van der Waals surface area contributed by atoms with E-state index < -0.39 is 18.0 Å². The van der Waals surface area contributed by atoms with Gasteiger partial charge in [0.05, 0.1) is 22.2 Å². The summed E-state index contributed by atoms with van der Waals surface area (Å²) in [5.74, 6) is -0.531. The number of hydrogen-bond donors (Lipinski definition) is 1. The minimum Gasteiger partial charge on any atom is -0.479 e. The Morgan fingerprint density at radius 1 is 1.12 bits per heavy atom. The molecule has 1 N–H and O–H groups in total. The van der Waals surface area contributed by atoms with E-state index in [1.807, 2.05) is 0 Å². The number of hydrogen-bond acceptors (Lipinski definition) is 4. The van der Waals surface area contributed by atoms with Crippen LogP contribution in [0.15, 0.2) is 42.5 Å². The zero-order valence-corrected chi connectivity index (χ0v) is 15.2. The third-order valence-corrected chi connectivity index (χ3v) is 3.88. The second kappa shape index (κ2) is 8.74. The number of nitrogens with one attached hydrogen (secondary N) is 1. The van der Waals surface area contributed by atoms with Gasteiger partial charge in [-0.25, -0.2) is 4.79 Å². The van der Waals surface area contributed by atoms with Gasteiger partial charge < -0.3 is 14.8 Å².